The fraction of sp³-hybridized carbons (Fsp3) is 0.417. The molecule has 0 aromatic carbocycles. The van der Waals surface area contributed by atoms with E-state index in [1.165, 1.54) is 0 Å². The van der Waals surface area contributed by atoms with Crippen LogP contribution in [-0.4, -0.2) is 59.8 Å². The first-order chi connectivity index (χ1) is 16.5. The molecule has 0 radical (unpaired) electrons. The van der Waals surface area contributed by atoms with Gasteiger partial charge in [-0.25, -0.2) is 9.97 Å². The van der Waals surface area contributed by atoms with Crippen molar-refractivity contribution in [2.45, 2.75) is 38.5 Å². The number of amides is 4. The lowest BCUT2D eigenvalue weighted by atomic mass is 10.2. The van der Waals surface area contributed by atoms with Crippen LogP contribution in [0.4, 0.5) is 0 Å². The van der Waals surface area contributed by atoms with Crippen molar-refractivity contribution in [1.29, 1.82) is 0 Å². The van der Waals surface area contributed by atoms with Crippen molar-refractivity contribution in [3.05, 3.63) is 59.2 Å². The summed E-state index contributed by atoms with van der Waals surface area (Å²) in [6.07, 6.45) is 4.52. The van der Waals surface area contributed by atoms with Crippen LogP contribution in [0.1, 0.15) is 80.5 Å². The van der Waals surface area contributed by atoms with E-state index in [0.29, 0.717) is 26.2 Å². The van der Waals surface area contributed by atoms with Gasteiger partial charge in [0.05, 0.1) is 0 Å². The Hall–Kier alpha value is -3.82. The van der Waals surface area contributed by atoms with Gasteiger partial charge in [-0.1, -0.05) is 12.1 Å². The van der Waals surface area contributed by atoms with Crippen LogP contribution in [0.25, 0.3) is 0 Å². The molecule has 0 saturated carbocycles. The number of nitrogens with zero attached hydrogens (tertiary/aromatic N) is 2. The highest BCUT2D eigenvalue weighted by molar-refractivity contribution is 5.97. The average Bonchev–Trinajstić information content (AvgIpc) is 2.86. The van der Waals surface area contributed by atoms with Crippen LogP contribution in [0.3, 0.4) is 0 Å². The Labute approximate surface area is 198 Å². The van der Waals surface area contributed by atoms with Gasteiger partial charge in [-0.3, -0.25) is 19.2 Å². The van der Waals surface area contributed by atoms with Crippen molar-refractivity contribution >= 4 is 23.6 Å². The Bertz CT molecular complexity index is 874. The van der Waals surface area contributed by atoms with E-state index in [1.54, 1.807) is 36.4 Å². The van der Waals surface area contributed by atoms with Crippen LogP contribution in [0.5, 0.6) is 0 Å². The number of fused-ring (bicyclic) bond motifs is 4. The van der Waals surface area contributed by atoms with Crippen LogP contribution in [0.15, 0.2) is 36.4 Å². The number of carbonyl (C=O) groups excluding carboxylic acids is 4. The topological polar surface area (TPSA) is 142 Å². The van der Waals surface area contributed by atoms with E-state index in [1.807, 2.05) is 0 Å². The van der Waals surface area contributed by atoms with Gasteiger partial charge in [-0.2, -0.15) is 0 Å². The molecular weight excluding hydrogens is 436 g/mol. The molecule has 34 heavy (non-hydrogen) atoms. The van der Waals surface area contributed by atoms with Crippen molar-refractivity contribution in [2.75, 3.05) is 26.2 Å². The summed E-state index contributed by atoms with van der Waals surface area (Å²) in [6, 6.07) is 9.56. The molecule has 4 amide bonds. The maximum absolute atomic E-state index is 12.3. The monoisotopic (exact) mass is 466 g/mol. The Kier molecular flexibility index (Phi) is 9.51. The zero-order valence-electron chi connectivity index (χ0n) is 19.1. The first-order valence-electron chi connectivity index (χ1n) is 11.6. The van der Waals surface area contributed by atoms with Gasteiger partial charge in [-0.05, 0) is 62.8 Å². The van der Waals surface area contributed by atoms with E-state index in [9.17, 15) is 19.2 Å². The van der Waals surface area contributed by atoms with Crippen LogP contribution < -0.4 is 21.3 Å². The summed E-state index contributed by atoms with van der Waals surface area (Å²) in [5, 5.41) is 11.2. The average molecular weight is 467 g/mol. The maximum atomic E-state index is 12.3. The lowest BCUT2D eigenvalue weighted by Gasteiger charge is -2.09. The van der Waals surface area contributed by atoms with Gasteiger partial charge in [0.2, 0.25) is 0 Å². The molecule has 4 N–H and O–H groups in total. The number of carbonyl (C=O) groups is 4. The second-order valence-corrected chi connectivity index (χ2v) is 7.96. The normalized spacial score (nSPS) is 17.4. The van der Waals surface area contributed by atoms with Crippen LogP contribution in [0, 0.1) is 0 Å². The predicted molar refractivity (Wildman–Crippen MR) is 126 cm³/mol. The second-order valence-electron chi connectivity index (χ2n) is 7.96. The smallest absolute Gasteiger partial charge is 0.269 e. The second kappa shape index (κ2) is 13.0. The Morgan fingerprint density at radius 1 is 0.441 bits per heavy atom. The number of rotatable bonds is 0. The fourth-order valence-corrected chi connectivity index (χ4v) is 3.40. The minimum Gasteiger partial charge on any atom is -0.351 e. The molecule has 1 aliphatic heterocycles. The zero-order chi connectivity index (χ0) is 24.2. The molecule has 3 rings (SSSR count). The van der Waals surface area contributed by atoms with Gasteiger partial charge in [0.25, 0.3) is 23.6 Å². The quantitative estimate of drug-likeness (QED) is 0.463. The van der Waals surface area contributed by atoms with E-state index >= 15 is 0 Å². The van der Waals surface area contributed by atoms with Crippen LogP contribution >= 0.6 is 0 Å². The summed E-state index contributed by atoms with van der Waals surface area (Å²) in [7, 11) is 0. The standard InChI is InChI=1S/C24H30N6O4/c31-21-17-9-7-11-19(29-17)23(33)27-15-5-2-6-16-28-24(34)20-12-8-10-18(30-20)22(32)26-14-4-1-3-13-25-21/h7-12H,1-6,13-16H2,(H,25,31)(H,26,32)(H,27,33)(H,28,34). The largest absolute Gasteiger partial charge is 0.351 e. The van der Waals surface area contributed by atoms with Crippen molar-refractivity contribution < 1.29 is 19.2 Å². The van der Waals surface area contributed by atoms with Gasteiger partial charge < -0.3 is 21.3 Å². The number of hydrogen-bond donors (Lipinski definition) is 4. The molecule has 0 unspecified atom stereocenters. The predicted octanol–water partition coefficient (Wildman–Crippen LogP) is 1.45. The third-order valence-electron chi connectivity index (χ3n) is 5.28. The fourth-order valence-electron chi connectivity index (χ4n) is 3.40. The molecular formula is C24H30N6O4. The summed E-state index contributed by atoms with van der Waals surface area (Å²) in [5.41, 5.74) is 0.777. The summed E-state index contributed by atoms with van der Waals surface area (Å²) in [6.45, 7) is 1.85. The highest BCUT2D eigenvalue weighted by Crippen LogP contribution is 2.03. The minimum absolute atomic E-state index is 0.194. The molecule has 0 saturated heterocycles. The molecule has 1 aliphatic rings. The van der Waals surface area contributed by atoms with E-state index in [4.69, 9.17) is 0 Å². The van der Waals surface area contributed by atoms with Gasteiger partial charge >= 0.3 is 0 Å². The molecule has 0 aliphatic carbocycles. The van der Waals surface area contributed by atoms with E-state index in [-0.39, 0.29) is 46.4 Å². The number of nitrogens with one attached hydrogen (secondary N) is 4. The molecule has 4 bridgehead atoms. The summed E-state index contributed by atoms with van der Waals surface area (Å²) in [5.74, 6) is -1.31. The molecule has 0 fully saturated rings. The molecule has 0 spiro atoms. The number of hydrogen-bond acceptors (Lipinski definition) is 6. The Morgan fingerprint density at radius 3 is 0.971 bits per heavy atom. The highest BCUT2D eigenvalue weighted by atomic mass is 16.2. The van der Waals surface area contributed by atoms with Crippen molar-refractivity contribution in [2.24, 2.45) is 0 Å². The highest BCUT2D eigenvalue weighted by Gasteiger charge is 2.13. The summed E-state index contributed by atoms with van der Waals surface area (Å²) < 4.78 is 0. The number of pyridine rings is 2. The molecule has 2 aromatic rings. The third-order valence-corrected chi connectivity index (χ3v) is 5.28. The van der Waals surface area contributed by atoms with Crippen molar-refractivity contribution in [3.63, 3.8) is 0 Å². The molecule has 180 valence electrons. The lowest BCUT2D eigenvalue weighted by Crippen LogP contribution is -2.30. The van der Waals surface area contributed by atoms with Gasteiger partial charge in [-0.15, -0.1) is 0 Å². The molecule has 3 heterocycles. The van der Waals surface area contributed by atoms with Gasteiger partial charge in [0.1, 0.15) is 22.8 Å². The first-order valence-corrected chi connectivity index (χ1v) is 11.6. The molecule has 2 aromatic heterocycles. The lowest BCUT2D eigenvalue weighted by molar-refractivity contribution is 0.0930. The van der Waals surface area contributed by atoms with Gasteiger partial charge in [0.15, 0.2) is 0 Å². The molecule has 0 atom stereocenters. The maximum Gasteiger partial charge on any atom is 0.269 e. The van der Waals surface area contributed by atoms with E-state index < -0.39 is 0 Å². The Morgan fingerprint density at radius 2 is 0.706 bits per heavy atom. The van der Waals surface area contributed by atoms with Gasteiger partial charge in [0, 0.05) is 26.2 Å². The van der Waals surface area contributed by atoms with Crippen molar-refractivity contribution in [3.8, 4) is 0 Å². The SMILES string of the molecule is O=C1NCCCCCNC(=O)c2cccc(n2)C(=O)NCCCCCNC(=O)c2cccc1n2. The Balaban J connectivity index is 1.60. The zero-order valence-corrected chi connectivity index (χ0v) is 19.1. The summed E-state index contributed by atoms with van der Waals surface area (Å²) in [4.78, 5) is 57.7. The first kappa shape index (κ1) is 24.8. The van der Waals surface area contributed by atoms with Crippen LogP contribution in [-0.2, 0) is 0 Å². The van der Waals surface area contributed by atoms with Crippen molar-refractivity contribution in [1.82, 2.24) is 31.2 Å². The van der Waals surface area contributed by atoms with Crippen LogP contribution in [0.2, 0.25) is 0 Å². The molecule has 10 nitrogen and oxygen atoms in total. The van der Waals surface area contributed by atoms with E-state index in [0.717, 1.165) is 38.5 Å². The molecule has 10 heteroatoms. The summed E-state index contributed by atoms with van der Waals surface area (Å²) >= 11 is 0. The number of aromatic nitrogens is 2. The van der Waals surface area contributed by atoms with E-state index in [2.05, 4.69) is 31.2 Å². The minimum atomic E-state index is -0.328. The third kappa shape index (κ3) is 7.65.